The van der Waals surface area contributed by atoms with Crippen LogP contribution in [0.25, 0.3) is 10.9 Å². The molecule has 0 aliphatic carbocycles. The zero-order chi connectivity index (χ0) is 25.5. The molecule has 10 nitrogen and oxygen atoms in total. The Labute approximate surface area is 204 Å². The molecule has 6 N–H and O–H groups in total. The highest BCUT2D eigenvalue weighted by atomic mass is 16.4. The summed E-state index contributed by atoms with van der Waals surface area (Å²) < 4.78 is 0. The number of fused-ring (bicyclic) bond motifs is 1. The fourth-order valence-corrected chi connectivity index (χ4v) is 4.25. The number of aliphatic carboxylic acids is 1. The maximum Gasteiger partial charge on any atom is 0.326 e. The average molecular weight is 486 g/mol. The van der Waals surface area contributed by atoms with Crippen molar-refractivity contribution < 1.29 is 24.3 Å². The van der Waals surface area contributed by atoms with Gasteiger partial charge in [-0.15, -0.1) is 0 Å². The van der Waals surface area contributed by atoms with Crippen LogP contribution in [0.3, 0.4) is 0 Å². The summed E-state index contributed by atoms with van der Waals surface area (Å²) in [5.41, 5.74) is 1.65. The number of carbonyl (C=O) groups is 4. The van der Waals surface area contributed by atoms with Gasteiger partial charge in [0.25, 0.3) is 0 Å². The van der Waals surface area contributed by atoms with Crippen LogP contribution in [-0.2, 0) is 25.6 Å². The van der Waals surface area contributed by atoms with Crippen molar-refractivity contribution in [3.8, 4) is 0 Å². The SMILES string of the molecule is CCC(C)C(NC(=O)C1CCCN1)C(=O)NC(C)C(=O)NC(Cc1c[nH]c2ccccc12)C(=O)O. The molecule has 0 saturated carbocycles. The van der Waals surface area contributed by atoms with Crippen LogP contribution in [0.2, 0.25) is 0 Å². The molecule has 3 rings (SSSR count). The van der Waals surface area contributed by atoms with Crippen LogP contribution >= 0.6 is 0 Å². The minimum Gasteiger partial charge on any atom is -0.480 e. The number of H-pyrrole nitrogens is 1. The Kier molecular flexibility index (Phi) is 8.86. The molecule has 5 atom stereocenters. The Balaban J connectivity index is 1.62. The highest BCUT2D eigenvalue weighted by molar-refractivity contribution is 5.94. The Morgan fingerprint density at radius 3 is 2.49 bits per heavy atom. The molecule has 1 fully saturated rings. The largest absolute Gasteiger partial charge is 0.480 e. The minimum absolute atomic E-state index is 0.0890. The minimum atomic E-state index is -1.17. The second kappa shape index (κ2) is 11.8. The maximum atomic E-state index is 13.0. The van der Waals surface area contributed by atoms with Crippen LogP contribution in [-0.4, -0.2) is 64.5 Å². The molecular formula is C25H35N5O5. The first-order valence-electron chi connectivity index (χ1n) is 12.1. The number of aromatic nitrogens is 1. The molecule has 2 heterocycles. The van der Waals surface area contributed by atoms with Crippen LogP contribution in [0.5, 0.6) is 0 Å². The van der Waals surface area contributed by atoms with Crippen LogP contribution < -0.4 is 21.3 Å². The van der Waals surface area contributed by atoms with Crippen molar-refractivity contribution in [2.45, 2.75) is 70.6 Å². The number of hydrogen-bond donors (Lipinski definition) is 6. The zero-order valence-corrected chi connectivity index (χ0v) is 20.4. The molecule has 2 aromatic rings. The smallest absolute Gasteiger partial charge is 0.326 e. The molecule has 1 aromatic heterocycles. The van der Waals surface area contributed by atoms with E-state index in [9.17, 15) is 24.3 Å². The maximum absolute atomic E-state index is 13.0. The summed E-state index contributed by atoms with van der Waals surface area (Å²) >= 11 is 0. The van der Waals surface area contributed by atoms with Crippen LogP contribution in [0, 0.1) is 5.92 Å². The molecule has 0 radical (unpaired) electrons. The van der Waals surface area contributed by atoms with Crippen molar-refractivity contribution in [1.82, 2.24) is 26.3 Å². The molecule has 1 saturated heterocycles. The Morgan fingerprint density at radius 2 is 1.83 bits per heavy atom. The van der Waals surface area contributed by atoms with E-state index in [1.807, 2.05) is 38.1 Å². The van der Waals surface area contributed by atoms with Crippen molar-refractivity contribution in [2.24, 2.45) is 5.92 Å². The zero-order valence-electron chi connectivity index (χ0n) is 20.4. The predicted molar refractivity (Wildman–Crippen MR) is 132 cm³/mol. The summed E-state index contributed by atoms with van der Waals surface area (Å²) in [7, 11) is 0. The van der Waals surface area contributed by atoms with Crippen LogP contribution in [0.1, 0.15) is 45.6 Å². The van der Waals surface area contributed by atoms with Gasteiger partial charge in [0.2, 0.25) is 17.7 Å². The van der Waals surface area contributed by atoms with Gasteiger partial charge in [0, 0.05) is 23.5 Å². The van der Waals surface area contributed by atoms with Crippen molar-refractivity contribution >= 4 is 34.6 Å². The summed E-state index contributed by atoms with van der Waals surface area (Å²) in [6, 6.07) is 4.24. The van der Waals surface area contributed by atoms with Gasteiger partial charge in [0.05, 0.1) is 6.04 Å². The lowest BCUT2D eigenvalue weighted by atomic mass is 9.97. The highest BCUT2D eigenvalue weighted by Gasteiger charge is 2.32. The van der Waals surface area contributed by atoms with Crippen molar-refractivity contribution in [3.63, 3.8) is 0 Å². The first-order valence-corrected chi connectivity index (χ1v) is 12.1. The number of aromatic amines is 1. The van der Waals surface area contributed by atoms with Gasteiger partial charge in [0.15, 0.2) is 0 Å². The Morgan fingerprint density at radius 1 is 1.09 bits per heavy atom. The Bertz CT molecular complexity index is 1060. The highest BCUT2D eigenvalue weighted by Crippen LogP contribution is 2.19. The number of rotatable bonds is 11. The predicted octanol–water partition coefficient (Wildman–Crippen LogP) is 1.07. The topological polar surface area (TPSA) is 152 Å². The molecule has 3 amide bonds. The second-order valence-corrected chi connectivity index (χ2v) is 9.21. The molecule has 190 valence electrons. The number of para-hydroxylation sites is 1. The molecule has 1 aliphatic heterocycles. The molecule has 1 aromatic carbocycles. The monoisotopic (exact) mass is 485 g/mol. The van der Waals surface area contributed by atoms with Gasteiger partial charge in [-0.2, -0.15) is 0 Å². The fourth-order valence-electron chi connectivity index (χ4n) is 4.25. The normalized spacial score (nSPS) is 18.9. The quantitative estimate of drug-likeness (QED) is 0.280. The molecule has 0 spiro atoms. The summed E-state index contributed by atoms with van der Waals surface area (Å²) in [5.74, 6) is -2.64. The number of benzene rings is 1. The number of carbonyl (C=O) groups excluding carboxylic acids is 3. The lowest BCUT2D eigenvalue weighted by Crippen LogP contribution is -2.58. The lowest BCUT2D eigenvalue weighted by Gasteiger charge is -2.27. The van der Waals surface area contributed by atoms with E-state index < -0.39 is 35.9 Å². The third kappa shape index (κ3) is 6.60. The van der Waals surface area contributed by atoms with E-state index in [1.165, 1.54) is 6.92 Å². The van der Waals surface area contributed by atoms with Gasteiger partial charge in [-0.05, 0) is 43.9 Å². The van der Waals surface area contributed by atoms with Crippen LogP contribution in [0.15, 0.2) is 30.5 Å². The average Bonchev–Trinajstić information content (AvgIpc) is 3.52. The van der Waals surface area contributed by atoms with E-state index in [2.05, 4.69) is 26.3 Å². The van der Waals surface area contributed by atoms with Gasteiger partial charge in [-0.25, -0.2) is 4.79 Å². The van der Waals surface area contributed by atoms with E-state index in [4.69, 9.17) is 0 Å². The Hall–Kier alpha value is -3.40. The van der Waals surface area contributed by atoms with E-state index in [1.54, 1.807) is 6.20 Å². The standard InChI is InChI=1S/C25H35N5O5/c1-4-14(2)21(30-23(32)19-10-7-11-26-19)24(33)28-15(3)22(31)29-20(25(34)35)12-16-13-27-18-9-6-5-8-17(16)18/h5-6,8-9,13-15,19-21,26-27H,4,7,10-12H2,1-3H3,(H,28,33)(H,29,31)(H,30,32)(H,34,35). The molecule has 35 heavy (non-hydrogen) atoms. The summed E-state index contributed by atoms with van der Waals surface area (Å²) in [6.45, 7) is 6.03. The van der Waals surface area contributed by atoms with Gasteiger partial charge >= 0.3 is 5.97 Å². The number of hydrogen-bond acceptors (Lipinski definition) is 5. The van der Waals surface area contributed by atoms with E-state index in [-0.39, 0.29) is 24.3 Å². The summed E-state index contributed by atoms with van der Waals surface area (Å²) in [4.78, 5) is 53.3. The number of amides is 3. The molecule has 0 bridgehead atoms. The van der Waals surface area contributed by atoms with Crippen molar-refractivity contribution in [3.05, 3.63) is 36.0 Å². The van der Waals surface area contributed by atoms with E-state index in [0.29, 0.717) is 12.8 Å². The van der Waals surface area contributed by atoms with Crippen molar-refractivity contribution in [1.29, 1.82) is 0 Å². The third-order valence-corrected chi connectivity index (χ3v) is 6.64. The van der Waals surface area contributed by atoms with Crippen molar-refractivity contribution in [2.75, 3.05) is 6.54 Å². The number of carboxylic acid groups (broad SMARTS) is 1. The van der Waals surface area contributed by atoms with Gasteiger partial charge in [0.1, 0.15) is 18.1 Å². The van der Waals surface area contributed by atoms with Gasteiger partial charge in [-0.3, -0.25) is 14.4 Å². The molecule has 10 heteroatoms. The lowest BCUT2D eigenvalue weighted by molar-refractivity contribution is -0.142. The van der Waals surface area contributed by atoms with E-state index >= 15 is 0 Å². The number of carboxylic acids is 1. The molecular weight excluding hydrogens is 450 g/mol. The van der Waals surface area contributed by atoms with E-state index in [0.717, 1.165) is 29.4 Å². The second-order valence-electron chi connectivity index (χ2n) is 9.21. The van der Waals surface area contributed by atoms with Gasteiger partial charge < -0.3 is 31.4 Å². The molecule has 5 unspecified atom stereocenters. The first-order chi connectivity index (χ1) is 16.7. The number of nitrogens with one attached hydrogen (secondary N) is 5. The molecule has 1 aliphatic rings. The first kappa shape index (κ1) is 26.2. The summed E-state index contributed by atoms with van der Waals surface area (Å²) in [6.07, 6.45) is 4.09. The fraction of sp³-hybridized carbons (Fsp3) is 0.520. The summed E-state index contributed by atoms with van der Waals surface area (Å²) in [5, 5.41) is 21.7. The van der Waals surface area contributed by atoms with Gasteiger partial charge in [-0.1, -0.05) is 38.5 Å². The third-order valence-electron chi connectivity index (χ3n) is 6.64. The van der Waals surface area contributed by atoms with Crippen LogP contribution in [0.4, 0.5) is 0 Å².